The first-order chi connectivity index (χ1) is 15.6. The van der Waals surface area contributed by atoms with Crippen molar-refractivity contribution in [2.24, 2.45) is 0 Å². The van der Waals surface area contributed by atoms with Crippen molar-refractivity contribution in [3.8, 4) is 23.1 Å². The van der Waals surface area contributed by atoms with Crippen molar-refractivity contribution in [2.75, 3.05) is 26.4 Å². The van der Waals surface area contributed by atoms with Crippen LogP contribution >= 0.6 is 0 Å². The minimum Gasteiger partial charge on any atom is -0.490 e. The van der Waals surface area contributed by atoms with Gasteiger partial charge in [0.25, 0.3) is 11.5 Å². The molecule has 1 N–H and O–H groups in total. The van der Waals surface area contributed by atoms with Crippen molar-refractivity contribution in [1.29, 1.82) is 0 Å². The molecule has 3 rings (SSSR count). The highest BCUT2D eigenvalue weighted by Crippen LogP contribution is 2.39. The van der Waals surface area contributed by atoms with Crippen LogP contribution in [0, 0.1) is 0 Å². The molecule has 0 bridgehead atoms. The van der Waals surface area contributed by atoms with Crippen LogP contribution in [0.15, 0.2) is 41.7 Å². The van der Waals surface area contributed by atoms with E-state index in [4.69, 9.17) is 14.2 Å². The van der Waals surface area contributed by atoms with Gasteiger partial charge in [0.1, 0.15) is 12.7 Å². The van der Waals surface area contributed by atoms with Crippen molar-refractivity contribution < 1.29 is 19.0 Å². The molecule has 0 aliphatic heterocycles. The molecule has 0 radical (unpaired) electrons. The van der Waals surface area contributed by atoms with Gasteiger partial charge < -0.3 is 19.5 Å². The van der Waals surface area contributed by atoms with E-state index < -0.39 is 0 Å². The minimum absolute atomic E-state index is 0.181. The van der Waals surface area contributed by atoms with Crippen molar-refractivity contribution in [2.45, 2.75) is 27.3 Å². The third-order valence-electron chi connectivity index (χ3n) is 4.29. The predicted molar refractivity (Wildman–Crippen MR) is 116 cm³/mol. The van der Waals surface area contributed by atoms with Gasteiger partial charge in [0.05, 0.1) is 26.4 Å². The zero-order valence-corrected chi connectivity index (χ0v) is 18.3. The average Bonchev–Trinajstić information content (AvgIpc) is 3.32. The lowest BCUT2D eigenvalue weighted by Crippen LogP contribution is -2.32. The van der Waals surface area contributed by atoms with E-state index in [1.54, 1.807) is 18.2 Å². The summed E-state index contributed by atoms with van der Waals surface area (Å²) in [5.41, 5.74) is 0.0680. The van der Waals surface area contributed by atoms with Gasteiger partial charge >= 0.3 is 0 Å². The van der Waals surface area contributed by atoms with E-state index in [-0.39, 0.29) is 24.6 Å². The number of ether oxygens (including phenoxy) is 3. The van der Waals surface area contributed by atoms with Gasteiger partial charge in [0.15, 0.2) is 17.3 Å². The first-order valence-electron chi connectivity index (χ1n) is 10.3. The number of carbonyl (C=O) groups is 1. The number of nitrogens with zero attached hydrogens (tertiary/aromatic N) is 5. The standard InChI is InChI=1S/C21H26N6O5/c1-4-30-16-11-15(12-17(31-5-2)20(16)32-6-3)21(29)23-9-10-26-19(28)8-7-18(25-26)27-14-22-13-24-27/h7-8,11-14H,4-6,9-10H2,1-3H3,(H,23,29). The number of amides is 1. The Morgan fingerprint density at radius 1 is 1.03 bits per heavy atom. The average molecular weight is 442 g/mol. The summed E-state index contributed by atoms with van der Waals surface area (Å²) in [4.78, 5) is 28.7. The van der Waals surface area contributed by atoms with Crippen molar-refractivity contribution in [1.82, 2.24) is 29.9 Å². The van der Waals surface area contributed by atoms with Crippen LogP contribution in [0.25, 0.3) is 5.82 Å². The SMILES string of the molecule is CCOc1cc(C(=O)NCCn2nc(-n3cncn3)ccc2=O)cc(OCC)c1OCC. The maximum atomic E-state index is 12.8. The van der Waals surface area contributed by atoms with Gasteiger partial charge in [-0.25, -0.2) is 14.3 Å². The maximum Gasteiger partial charge on any atom is 0.266 e. The number of hydrogen-bond donors (Lipinski definition) is 1. The molecule has 0 aliphatic rings. The molecule has 2 heterocycles. The fraction of sp³-hybridized carbons (Fsp3) is 0.381. The normalized spacial score (nSPS) is 10.6. The second kappa shape index (κ2) is 10.9. The largest absolute Gasteiger partial charge is 0.490 e. The van der Waals surface area contributed by atoms with E-state index >= 15 is 0 Å². The Morgan fingerprint density at radius 2 is 1.72 bits per heavy atom. The van der Waals surface area contributed by atoms with Crippen LogP contribution in [0.3, 0.4) is 0 Å². The highest BCUT2D eigenvalue weighted by Gasteiger charge is 2.18. The van der Waals surface area contributed by atoms with Gasteiger partial charge in [-0.15, -0.1) is 5.10 Å². The molecule has 1 amide bonds. The van der Waals surface area contributed by atoms with Crippen LogP contribution in [0.2, 0.25) is 0 Å². The number of benzene rings is 1. The van der Waals surface area contributed by atoms with E-state index in [1.165, 1.54) is 28.1 Å². The molecule has 0 unspecified atom stereocenters. The molecule has 11 nitrogen and oxygen atoms in total. The summed E-state index contributed by atoms with van der Waals surface area (Å²) in [7, 11) is 0. The Morgan fingerprint density at radius 3 is 2.31 bits per heavy atom. The van der Waals surface area contributed by atoms with Crippen LogP contribution in [0.5, 0.6) is 17.2 Å². The highest BCUT2D eigenvalue weighted by molar-refractivity contribution is 5.95. The van der Waals surface area contributed by atoms with Gasteiger partial charge in [-0.3, -0.25) is 9.59 Å². The van der Waals surface area contributed by atoms with Crippen LogP contribution in [0.1, 0.15) is 31.1 Å². The lowest BCUT2D eigenvalue weighted by molar-refractivity contribution is 0.0950. The molecule has 0 atom stereocenters. The Bertz CT molecular complexity index is 1070. The molecule has 0 saturated carbocycles. The molecule has 0 fully saturated rings. The van der Waals surface area contributed by atoms with Crippen molar-refractivity contribution >= 4 is 5.91 Å². The molecule has 0 aliphatic carbocycles. The second-order valence-electron chi connectivity index (χ2n) is 6.45. The molecular formula is C21H26N6O5. The molecule has 2 aromatic heterocycles. The van der Waals surface area contributed by atoms with E-state index in [0.29, 0.717) is 48.5 Å². The number of nitrogens with one attached hydrogen (secondary N) is 1. The van der Waals surface area contributed by atoms with Crippen LogP contribution in [-0.2, 0) is 6.54 Å². The maximum absolute atomic E-state index is 12.8. The van der Waals surface area contributed by atoms with E-state index in [1.807, 2.05) is 20.8 Å². The number of aromatic nitrogens is 5. The first kappa shape index (κ1) is 22.8. The third kappa shape index (κ3) is 5.42. The van der Waals surface area contributed by atoms with Crippen LogP contribution in [-0.4, -0.2) is 56.8 Å². The molecule has 1 aromatic carbocycles. The van der Waals surface area contributed by atoms with Gasteiger partial charge in [0.2, 0.25) is 5.75 Å². The van der Waals surface area contributed by atoms with Crippen molar-refractivity contribution in [3.05, 3.63) is 52.8 Å². The Kier molecular flexibility index (Phi) is 7.79. The summed E-state index contributed by atoms with van der Waals surface area (Å²) in [6, 6.07) is 6.17. The lowest BCUT2D eigenvalue weighted by atomic mass is 10.1. The van der Waals surface area contributed by atoms with Gasteiger partial charge in [-0.2, -0.15) is 5.10 Å². The smallest absolute Gasteiger partial charge is 0.266 e. The Hall–Kier alpha value is -3.89. The molecule has 0 saturated heterocycles. The van der Waals surface area contributed by atoms with Gasteiger partial charge in [-0.1, -0.05) is 0 Å². The predicted octanol–water partition coefficient (Wildman–Crippen LogP) is 1.45. The van der Waals surface area contributed by atoms with E-state index in [0.717, 1.165) is 0 Å². The summed E-state index contributed by atoms with van der Waals surface area (Å²) in [6.07, 6.45) is 2.86. The molecular weight excluding hydrogens is 416 g/mol. The minimum atomic E-state index is -0.338. The summed E-state index contributed by atoms with van der Waals surface area (Å²) in [5, 5.41) is 11.0. The summed E-state index contributed by atoms with van der Waals surface area (Å²) in [6.45, 7) is 7.18. The van der Waals surface area contributed by atoms with Gasteiger partial charge in [-0.05, 0) is 39.0 Å². The number of carbonyl (C=O) groups excluding carboxylic acids is 1. The quantitative estimate of drug-likeness (QED) is 0.473. The summed E-state index contributed by atoms with van der Waals surface area (Å²) in [5.74, 6) is 1.44. The molecule has 0 spiro atoms. The zero-order chi connectivity index (χ0) is 22.9. The zero-order valence-electron chi connectivity index (χ0n) is 18.3. The topological polar surface area (TPSA) is 122 Å². The second-order valence-corrected chi connectivity index (χ2v) is 6.45. The van der Waals surface area contributed by atoms with Crippen molar-refractivity contribution in [3.63, 3.8) is 0 Å². The monoisotopic (exact) mass is 442 g/mol. The third-order valence-corrected chi connectivity index (χ3v) is 4.29. The fourth-order valence-corrected chi connectivity index (χ4v) is 2.94. The molecule has 32 heavy (non-hydrogen) atoms. The Balaban J connectivity index is 1.73. The summed E-state index contributed by atoms with van der Waals surface area (Å²) >= 11 is 0. The molecule has 3 aromatic rings. The fourth-order valence-electron chi connectivity index (χ4n) is 2.94. The lowest BCUT2D eigenvalue weighted by Gasteiger charge is -2.17. The van der Waals surface area contributed by atoms with Crippen LogP contribution < -0.4 is 25.1 Å². The van der Waals surface area contributed by atoms with Gasteiger partial charge in [0, 0.05) is 18.2 Å². The van der Waals surface area contributed by atoms with Crippen LogP contribution in [0.4, 0.5) is 0 Å². The van der Waals surface area contributed by atoms with E-state index in [9.17, 15) is 9.59 Å². The summed E-state index contributed by atoms with van der Waals surface area (Å²) < 4.78 is 19.7. The number of hydrogen-bond acceptors (Lipinski definition) is 8. The molecule has 170 valence electrons. The number of rotatable bonds is 11. The Labute approximate surface area is 184 Å². The first-order valence-corrected chi connectivity index (χ1v) is 10.3. The molecule has 11 heteroatoms. The van der Waals surface area contributed by atoms with E-state index in [2.05, 4.69) is 20.5 Å². The highest BCUT2D eigenvalue weighted by atomic mass is 16.5.